The lowest BCUT2D eigenvalue weighted by Gasteiger charge is -2.45. The third-order valence-electron chi connectivity index (χ3n) is 4.57. The summed E-state index contributed by atoms with van der Waals surface area (Å²) < 4.78 is 28.2. The fourth-order valence-electron chi connectivity index (χ4n) is 3.47. The molecular weight excluding hydrogens is 268 g/mol. The van der Waals surface area contributed by atoms with E-state index in [2.05, 4.69) is 5.32 Å². The van der Waals surface area contributed by atoms with Gasteiger partial charge in [-0.2, -0.15) is 0 Å². The zero-order valence-electron chi connectivity index (χ0n) is 10.7. The lowest BCUT2D eigenvalue weighted by molar-refractivity contribution is -0.126. The number of nitrogens with two attached hydrogens (primary N) is 1. The van der Waals surface area contributed by atoms with E-state index in [4.69, 9.17) is 10.5 Å². The number of carbonyl (C=O) groups is 1. The van der Waals surface area contributed by atoms with Crippen LogP contribution in [0.5, 0.6) is 0 Å². The first-order chi connectivity index (χ1) is 8.96. The molecule has 0 bridgehead atoms. The molecule has 3 aliphatic rings. The van der Waals surface area contributed by atoms with Crippen LogP contribution >= 0.6 is 0 Å². The fourth-order valence-corrected chi connectivity index (χ4v) is 5.33. The van der Waals surface area contributed by atoms with Crippen LogP contribution in [-0.2, 0) is 19.4 Å². The monoisotopic (exact) mass is 288 g/mol. The molecule has 0 aromatic heterocycles. The number of nitrogens with one attached hydrogen (secondary N) is 1. The maximum atomic E-state index is 11.9. The van der Waals surface area contributed by atoms with Crippen molar-refractivity contribution in [1.82, 2.24) is 5.32 Å². The number of carbonyl (C=O) groups excluding carboxylic acids is 1. The zero-order chi connectivity index (χ0) is 13.6. The quantitative estimate of drug-likeness (QED) is 0.697. The highest BCUT2D eigenvalue weighted by atomic mass is 32.2. The largest absolute Gasteiger partial charge is 0.376 e. The average Bonchev–Trinajstić information content (AvgIpc) is 2.90. The second-order valence-corrected chi connectivity index (χ2v) is 8.16. The van der Waals surface area contributed by atoms with Crippen LogP contribution in [0.2, 0.25) is 0 Å². The summed E-state index contributed by atoms with van der Waals surface area (Å²) >= 11 is 0. The van der Waals surface area contributed by atoms with E-state index in [0.717, 1.165) is 13.0 Å². The number of rotatable bonds is 3. The minimum atomic E-state index is -2.92. The van der Waals surface area contributed by atoms with E-state index in [1.807, 2.05) is 0 Å². The summed E-state index contributed by atoms with van der Waals surface area (Å²) in [4.78, 5) is 11.9. The molecule has 0 aromatic carbocycles. The molecule has 2 aliphatic heterocycles. The van der Waals surface area contributed by atoms with Gasteiger partial charge in [-0.3, -0.25) is 4.79 Å². The maximum absolute atomic E-state index is 11.9. The van der Waals surface area contributed by atoms with Gasteiger partial charge in [-0.15, -0.1) is 0 Å². The van der Waals surface area contributed by atoms with Crippen LogP contribution in [0.3, 0.4) is 0 Å². The molecule has 3 rings (SSSR count). The van der Waals surface area contributed by atoms with Gasteiger partial charge in [0.1, 0.15) is 0 Å². The molecular formula is C12H20N2O4S. The topological polar surface area (TPSA) is 98.5 Å². The van der Waals surface area contributed by atoms with Gasteiger partial charge >= 0.3 is 0 Å². The number of sulfone groups is 1. The Morgan fingerprint density at radius 1 is 1.37 bits per heavy atom. The molecule has 5 unspecified atom stereocenters. The van der Waals surface area contributed by atoms with Gasteiger partial charge in [0.25, 0.3) is 0 Å². The van der Waals surface area contributed by atoms with Crippen LogP contribution in [0, 0.1) is 11.8 Å². The predicted octanol–water partition coefficient (Wildman–Crippen LogP) is -0.958. The van der Waals surface area contributed by atoms with E-state index >= 15 is 0 Å². The molecule has 5 atom stereocenters. The Hall–Kier alpha value is -0.660. The zero-order valence-corrected chi connectivity index (χ0v) is 11.6. The highest BCUT2D eigenvalue weighted by Crippen LogP contribution is 2.37. The van der Waals surface area contributed by atoms with Crippen molar-refractivity contribution in [1.29, 1.82) is 0 Å². The van der Waals surface area contributed by atoms with Crippen molar-refractivity contribution in [3.8, 4) is 0 Å². The van der Waals surface area contributed by atoms with Crippen molar-refractivity contribution >= 4 is 15.7 Å². The van der Waals surface area contributed by atoms with Crippen molar-refractivity contribution in [3.05, 3.63) is 0 Å². The summed E-state index contributed by atoms with van der Waals surface area (Å²) in [5.74, 6) is 0.580. The van der Waals surface area contributed by atoms with Gasteiger partial charge < -0.3 is 15.8 Å². The smallest absolute Gasteiger partial charge is 0.220 e. The van der Waals surface area contributed by atoms with Gasteiger partial charge in [-0.05, 0) is 18.8 Å². The van der Waals surface area contributed by atoms with Gasteiger partial charge in [-0.1, -0.05) is 0 Å². The number of fused-ring (bicyclic) bond motifs is 1. The fraction of sp³-hybridized carbons (Fsp3) is 0.917. The van der Waals surface area contributed by atoms with Gasteiger partial charge in [0.2, 0.25) is 5.91 Å². The van der Waals surface area contributed by atoms with Crippen LogP contribution in [-0.4, -0.2) is 50.6 Å². The van der Waals surface area contributed by atoms with Gasteiger partial charge in [0, 0.05) is 25.0 Å². The van der Waals surface area contributed by atoms with Crippen molar-refractivity contribution in [2.75, 3.05) is 18.1 Å². The van der Waals surface area contributed by atoms with E-state index in [1.165, 1.54) is 0 Å². The molecule has 2 heterocycles. The Balaban J connectivity index is 1.50. The molecule has 3 N–H and O–H groups in total. The molecule has 0 spiro atoms. The molecule has 1 saturated carbocycles. The number of ether oxygens (including phenoxy) is 1. The van der Waals surface area contributed by atoms with E-state index in [9.17, 15) is 13.2 Å². The number of hydrogen-bond acceptors (Lipinski definition) is 5. The third kappa shape index (κ3) is 2.51. The Bertz CT molecular complexity index is 478. The SMILES string of the molecule is NC1C2CCOC2C1NC(=O)CC1CCS(=O)(=O)C1. The Morgan fingerprint density at radius 2 is 2.16 bits per heavy atom. The molecule has 0 radical (unpaired) electrons. The van der Waals surface area contributed by atoms with Crippen molar-refractivity contribution in [2.24, 2.45) is 17.6 Å². The molecule has 7 heteroatoms. The normalized spacial score (nSPS) is 43.5. The predicted molar refractivity (Wildman–Crippen MR) is 69.1 cm³/mol. The first kappa shape index (κ1) is 13.3. The first-order valence-electron chi connectivity index (χ1n) is 6.83. The standard InChI is InChI=1S/C12H20N2O4S/c13-10-8-1-3-18-12(8)11(10)14-9(15)5-7-2-4-19(16,17)6-7/h7-8,10-12H,1-6,13H2,(H,14,15). The molecule has 0 aromatic rings. The van der Waals surface area contributed by atoms with E-state index in [-0.39, 0.29) is 47.9 Å². The van der Waals surface area contributed by atoms with E-state index in [0.29, 0.717) is 12.3 Å². The minimum Gasteiger partial charge on any atom is -0.376 e. The second-order valence-electron chi connectivity index (χ2n) is 5.93. The van der Waals surface area contributed by atoms with Gasteiger partial charge in [0.05, 0.1) is 23.7 Å². The number of amides is 1. The summed E-state index contributed by atoms with van der Waals surface area (Å²) in [7, 11) is -2.92. The van der Waals surface area contributed by atoms with Crippen LogP contribution < -0.4 is 11.1 Å². The summed E-state index contributed by atoms with van der Waals surface area (Å²) in [5.41, 5.74) is 6.02. The van der Waals surface area contributed by atoms with Crippen molar-refractivity contribution in [2.45, 2.75) is 37.5 Å². The molecule has 108 valence electrons. The molecule has 1 amide bonds. The summed E-state index contributed by atoms with van der Waals surface area (Å²) in [5, 5.41) is 2.91. The summed E-state index contributed by atoms with van der Waals surface area (Å²) in [6.07, 6.45) is 1.90. The van der Waals surface area contributed by atoms with Crippen LogP contribution in [0.25, 0.3) is 0 Å². The second kappa shape index (κ2) is 4.71. The lowest BCUT2D eigenvalue weighted by Crippen LogP contribution is -2.69. The summed E-state index contributed by atoms with van der Waals surface area (Å²) in [6.45, 7) is 0.719. The Labute approximate surface area is 113 Å². The molecule has 6 nitrogen and oxygen atoms in total. The Morgan fingerprint density at radius 3 is 2.84 bits per heavy atom. The molecule has 19 heavy (non-hydrogen) atoms. The van der Waals surface area contributed by atoms with Gasteiger partial charge in [-0.25, -0.2) is 8.42 Å². The molecule has 2 saturated heterocycles. The molecule has 3 fully saturated rings. The van der Waals surface area contributed by atoms with Crippen molar-refractivity contribution < 1.29 is 17.9 Å². The maximum Gasteiger partial charge on any atom is 0.220 e. The van der Waals surface area contributed by atoms with Crippen molar-refractivity contribution in [3.63, 3.8) is 0 Å². The Kier molecular flexibility index (Phi) is 3.31. The summed E-state index contributed by atoms with van der Waals surface area (Å²) in [6, 6.07) is -0.123. The van der Waals surface area contributed by atoms with E-state index in [1.54, 1.807) is 0 Å². The average molecular weight is 288 g/mol. The first-order valence-corrected chi connectivity index (χ1v) is 8.65. The van der Waals surface area contributed by atoms with E-state index < -0.39 is 9.84 Å². The minimum absolute atomic E-state index is 0.0243. The highest BCUT2D eigenvalue weighted by molar-refractivity contribution is 7.91. The van der Waals surface area contributed by atoms with Crippen LogP contribution in [0.4, 0.5) is 0 Å². The van der Waals surface area contributed by atoms with Crippen LogP contribution in [0.15, 0.2) is 0 Å². The van der Waals surface area contributed by atoms with Gasteiger partial charge in [0.15, 0.2) is 9.84 Å². The molecule has 1 aliphatic carbocycles. The highest BCUT2D eigenvalue weighted by Gasteiger charge is 2.52. The van der Waals surface area contributed by atoms with Crippen LogP contribution in [0.1, 0.15) is 19.3 Å². The third-order valence-corrected chi connectivity index (χ3v) is 6.41. The lowest BCUT2D eigenvalue weighted by atomic mass is 9.72. The number of hydrogen-bond donors (Lipinski definition) is 2.